The van der Waals surface area contributed by atoms with Crippen LogP contribution >= 0.6 is 11.3 Å². The molecular formula is C13H11F3N2O2S. The molecule has 0 aliphatic heterocycles. The molecule has 0 spiro atoms. The van der Waals surface area contributed by atoms with Crippen molar-refractivity contribution in [2.45, 2.75) is 19.4 Å². The van der Waals surface area contributed by atoms with Crippen LogP contribution in [0.1, 0.15) is 13.8 Å². The van der Waals surface area contributed by atoms with Crippen molar-refractivity contribution in [3.63, 3.8) is 0 Å². The summed E-state index contributed by atoms with van der Waals surface area (Å²) in [5.74, 6) is -2.57. The minimum Gasteiger partial charge on any atom is -0.475 e. The summed E-state index contributed by atoms with van der Waals surface area (Å²) in [7, 11) is 0. The van der Waals surface area contributed by atoms with Gasteiger partial charge in [0.1, 0.15) is 5.82 Å². The monoisotopic (exact) mass is 316 g/mol. The fraction of sp³-hybridized carbons (Fsp3) is 0.231. The van der Waals surface area contributed by atoms with Crippen molar-refractivity contribution >= 4 is 22.4 Å². The van der Waals surface area contributed by atoms with Gasteiger partial charge in [0.25, 0.3) is 5.91 Å². The number of benzene rings is 1. The van der Waals surface area contributed by atoms with E-state index >= 15 is 0 Å². The van der Waals surface area contributed by atoms with E-state index in [1.54, 1.807) is 0 Å². The lowest BCUT2D eigenvalue weighted by molar-refractivity contribution is -0.128. The Bertz CT molecular complexity index is 673. The smallest absolute Gasteiger partial charge is 0.269 e. The van der Waals surface area contributed by atoms with Crippen LogP contribution in [0.15, 0.2) is 24.4 Å². The molecule has 0 unspecified atom stereocenters. The van der Waals surface area contributed by atoms with Crippen molar-refractivity contribution in [2.24, 2.45) is 0 Å². The summed E-state index contributed by atoms with van der Waals surface area (Å²) in [6.45, 7) is 2.80. The van der Waals surface area contributed by atoms with Crippen LogP contribution in [0.2, 0.25) is 0 Å². The van der Waals surface area contributed by atoms with Crippen LogP contribution in [0.5, 0.6) is 5.75 Å². The first kappa shape index (κ1) is 15.3. The number of carbonyl (C=O) groups excluding carboxylic acids is 1. The molecule has 1 N–H and O–H groups in total. The van der Waals surface area contributed by atoms with Gasteiger partial charge in [-0.25, -0.2) is 13.8 Å². The number of nitrogens with zero attached hydrogens (tertiary/aromatic N) is 1. The van der Waals surface area contributed by atoms with Gasteiger partial charge in [0.15, 0.2) is 27.4 Å². The van der Waals surface area contributed by atoms with E-state index < -0.39 is 28.3 Å². The van der Waals surface area contributed by atoms with Crippen LogP contribution in [-0.4, -0.2) is 16.5 Å². The molecule has 0 radical (unpaired) electrons. The SMILES string of the molecule is CC(C)(Oc1ccc(F)cc1F)C(=O)Nc1ncc(F)s1. The van der Waals surface area contributed by atoms with E-state index in [4.69, 9.17) is 4.74 Å². The average Bonchev–Trinajstić information content (AvgIpc) is 2.78. The van der Waals surface area contributed by atoms with Crippen molar-refractivity contribution < 1.29 is 22.7 Å². The molecule has 0 saturated heterocycles. The summed E-state index contributed by atoms with van der Waals surface area (Å²) in [5, 5.41) is 1.88. The molecule has 1 aromatic carbocycles. The third-order valence-electron chi connectivity index (χ3n) is 2.50. The molecule has 0 aliphatic rings. The molecule has 1 amide bonds. The van der Waals surface area contributed by atoms with Gasteiger partial charge in [-0.1, -0.05) is 11.3 Å². The van der Waals surface area contributed by atoms with Crippen molar-refractivity contribution in [3.05, 3.63) is 41.2 Å². The largest absolute Gasteiger partial charge is 0.475 e. The maximum absolute atomic E-state index is 13.5. The molecule has 2 rings (SSSR count). The highest BCUT2D eigenvalue weighted by Gasteiger charge is 2.31. The zero-order chi connectivity index (χ0) is 15.6. The standard InChI is InChI=1S/C13H11F3N2O2S/c1-13(2,11(19)18-12-17-6-10(16)21-12)20-9-4-3-7(14)5-8(9)15/h3-6H,1-2H3,(H,17,18,19). The second kappa shape index (κ2) is 5.72. The highest BCUT2D eigenvalue weighted by atomic mass is 32.1. The molecule has 21 heavy (non-hydrogen) atoms. The van der Waals surface area contributed by atoms with E-state index in [2.05, 4.69) is 10.3 Å². The van der Waals surface area contributed by atoms with E-state index in [0.29, 0.717) is 17.4 Å². The Balaban J connectivity index is 2.11. The first-order valence-corrected chi connectivity index (χ1v) is 6.66. The molecule has 0 atom stereocenters. The lowest BCUT2D eigenvalue weighted by Crippen LogP contribution is -2.42. The molecule has 1 heterocycles. The Morgan fingerprint density at radius 3 is 2.62 bits per heavy atom. The van der Waals surface area contributed by atoms with Gasteiger partial charge in [-0.05, 0) is 26.0 Å². The topological polar surface area (TPSA) is 51.2 Å². The lowest BCUT2D eigenvalue weighted by Gasteiger charge is -2.24. The summed E-state index contributed by atoms with van der Waals surface area (Å²) in [6, 6.07) is 2.75. The number of aromatic nitrogens is 1. The van der Waals surface area contributed by atoms with Crippen LogP contribution in [-0.2, 0) is 4.79 Å². The fourth-order valence-electron chi connectivity index (χ4n) is 1.44. The van der Waals surface area contributed by atoms with E-state index in [0.717, 1.165) is 18.3 Å². The van der Waals surface area contributed by atoms with Gasteiger partial charge >= 0.3 is 0 Å². The molecule has 8 heteroatoms. The van der Waals surface area contributed by atoms with Crippen molar-refractivity contribution in [3.8, 4) is 5.75 Å². The fourth-order valence-corrected chi connectivity index (χ4v) is 1.98. The Kier molecular flexibility index (Phi) is 4.17. The molecule has 0 saturated carbocycles. The number of rotatable bonds is 4. The number of hydrogen-bond acceptors (Lipinski definition) is 4. The molecule has 2 aromatic rings. The second-order valence-corrected chi connectivity index (χ2v) is 5.59. The third-order valence-corrected chi connectivity index (χ3v) is 3.21. The first-order chi connectivity index (χ1) is 9.78. The van der Waals surface area contributed by atoms with Crippen molar-refractivity contribution in [2.75, 3.05) is 5.32 Å². The minimum atomic E-state index is -1.46. The maximum Gasteiger partial charge on any atom is 0.269 e. The number of hydrogen-bond donors (Lipinski definition) is 1. The average molecular weight is 316 g/mol. The Hall–Kier alpha value is -2.09. The van der Waals surface area contributed by atoms with Crippen LogP contribution < -0.4 is 10.1 Å². The number of amides is 1. The van der Waals surface area contributed by atoms with Crippen molar-refractivity contribution in [1.29, 1.82) is 0 Å². The number of thiazole rings is 1. The van der Waals surface area contributed by atoms with Crippen LogP contribution in [0.3, 0.4) is 0 Å². The van der Waals surface area contributed by atoms with E-state index in [1.807, 2.05) is 0 Å². The summed E-state index contributed by atoms with van der Waals surface area (Å²) in [4.78, 5) is 15.7. The van der Waals surface area contributed by atoms with Crippen LogP contribution in [0.25, 0.3) is 0 Å². The van der Waals surface area contributed by atoms with Crippen LogP contribution in [0.4, 0.5) is 18.3 Å². The summed E-state index contributed by atoms with van der Waals surface area (Å²) < 4.78 is 44.4. The first-order valence-electron chi connectivity index (χ1n) is 5.85. The number of ether oxygens (including phenoxy) is 1. The number of nitrogens with one attached hydrogen (secondary N) is 1. The Morgan fingerprint density at radius 1 is 1.33 bits per heavy atom. The number of anilines is 1. The third kappa shape index (κ3) is 3.72. The van der Waals surface area contributed by atoms with E-state index in [1.165, 1.54) is 13.8 Å². The molecule has 0 bridgehead atoms. The van der Waals surface area contributed by atoms with E-state index in [9.17, 15) is 18.0 Å². The molecular weight excluding hydrogens is 305 g/mol. The number of carbonyl (C=O) groups is 1. The maximum atomic E-state index is 13.5. The molecule has 1 aromatic heterocycles. The van der Waals surface area contributed by atoms with Gasteiger partial charge in [0.2, 0.25) is 0 Å². The van der Waals surface area contributed by atoms with Crippen molar-refractivity contribution in [1.82, 2.24) is 4.98 Å². The lowest BCUT2D eigenvalue weighted by atomic mass is 10.1. The summed E-state index contributed by atoms with van der Waals surface area (Å²) in [5.41, 5.74) is -1.46. The number of halogens is 3. The normalized spacial score (nSPS) is 11.3. The quantitative estimate of drug-likeness (QED) is 0.941. The molecule has 0 aliphatic carbocycles. The zero-order valence-corrected chi connectivity index (χ0v) is 11.9. The predicted molar refractivity (Wildman–Crippen MR) is 71.8 cm³/mol. The van der Waals surface area contributed by atoms with E-state index in [-0.39, 0.29) is 10.9 Å². The van der Waals surface area contributed by atoms with Crippen LogP contribution in [0, 0.1) is 16.8 Å². The molecule has 112 valence electrons. The van der Waals surface area contributed by atoms with Gasteiger partial charge in [-0.2, -0.15) is 4.39 Å². The highest BCUT2D eigenvalue weighted by molar-refractivity contribution is 7.14. The van der Waals surface area contributed by atoms with Gasteiger partial charge in [0, 0.05) is 6.07 Å². The Morgan fingerprint density at radius 2 is 2.05 bits per heavy atom. The summed E-state index contributed by atoms with van der Waals surface area (Å²) >= 11 is 0.655. The highest BCUT2D eigenvalue weighted by Crippen LogP contribution is 2.24. The Labute approximate surface area is 122 Å². The molecule has 4 nitrogen and oxygen atoms in total. The second-order valence-electron chi connectivity index (χ2n) is 4.61. The predicted octanol–water partition coefficient (Wildman–Crippen LogP) is 3.36. The van der Waals surface area contributed by atoms with Gasteiger partial charge < -0.3 is 4.74 Å². The zero-order valence-electron chi connectivity index (χ0n) is 11.1. The summed E-state index contributed by atoms with van der Waals surface area (Å²) in [6.07, 6.45) is 0.966. The minimum absolute atomic E-state index is 0.0637. The van der Waals surface area contributed by atoms with Gasteiger partial charge in [0.05, 0.1) is 6.20 Å². The van der Waals surface area contributed by atoms with Gasteiger partial charge in [-0.3, -0.25) is 10.1 Å². The van der Waals surface area contributed by atoms with Gasteiger partial charge in [-0.15, -0.1) is 0 Å². The molecule has 0 fully saturated rings.